The Kier molecular flexibility index (Phi) is 8.35. The molecule has 0 aromatic heterocycles. The van der Waals surface area contributed by atoms with Gasteiger partial charge in [-0.15, -0.1) is 11.8 Å². The Hall–Kier alpha value is -1.69. The molecule has 5 nitrogen and oxygen atoms in total. The average molecular weight is 309 g/mol. The minimum atomic E-state index is -0.318. The number of nitrogens with two attached hydrogens (primary N) is 1. The van der Waals surface area contributed by atoms with Crippen LogP contribution in [-0.4, -0.2) is 24.2 Å². The van der Waals surface area contributed by atoms with Crippen LogP contribution in [0.2, 0.25) is 0 Å². The summed E-state index contributed by atoms with van der Waals surface area (Å²) >= 11 is 1.51. The second-order valence-corrected chi connectivity index (χ2v) is 5.79. The highest BCUT2D eigenvalue weighted by atomic mass is 32.2. The highest BCUT2D eigenvalue weighted by molar-refractivity contribution is 7.99. The van der Waals surface area contributed by atoms with E-state index in [4.69, 9.17) is 5.73 Å². The Morgan fingerprint density at radius 1 is 1.24 bits per heavy atom. The molecule has 21 heavy (non-hydrogen) atoms. The summed E-state index contributed by atoms with van der Waals surface area (Å²) < 4.78 is 0. The molecular formula is C15H23N3O2S. The number of thioether (sulfide) groups is 1. The summed E-state index contributed by atoms with van der Waals surface area (Å²) in [6, 6.07) is 7.33. The van der Waals surface area contributed by atoms with Crippen LogP contribution < -0.4 is 16.4 Å². The van der Waals surface area contributed by atoms with Crippen LogP contribution in [0.15, 0.2) is 29.2 Å². The van der Waals surface area contributed by atoms with E-state index in [1.807, 2.05) is 24.3 Å². The molecule has 0 heterocycles. The Labute approximate surface area is 130 Å². The lowest BCUT2D eigenvalue weighted by Crippen LogP contribution is -2.29. The highest BCUT2D eigenvalue weighted by Gasteiger charge is 2.06. The van der Waals surface area contributed by atoms with Crippen LogP contribution in [0.4, 0.5) is 10.5 Å². The smallest absolute Gasteiger partial charge is 0.319 e. The summed E-state index contributed by atoms with van der Waals surface area (Å²) in [5, 5.41) is 5.67. The summed E-state index contributed by atoms with van der Waals surface area (Å²) in [4.78, 5) is 23.5. The van der Waals surface area contributed by atoms with Crippen molar-refractivity contribution in [2.45, 2.75) is 37.5 Å². The second kappa shape index (κ2) is 10.1. The van der Waals surface area contributed by atoms with Crippen molar-refractivity contribution in [3.8, 4) is 0 Å². The number of hydrogen-bond acceptors (Lipinski definition) is 3. The number of primary amides is 1. The third-order valence-corrected chi connectivity index (χ3v) is 3.88. The second-order valence-electron chi connectivity index (χ2n) is 4.65. The first-order valence-corrected chi connectivity index (χ1v) is 8.17. The maximum atomic E-state index is 11.8. The van der Waals surface area contributed by atoms with Crippen LogP contribution >= 0.6 is 11.8 Å². The van der Waals surface area contributed by atoms with Crippen LogP contribution in [0.5, 0.6) is 0 Å². The topological polar surface area (TPSA) is 84.2 Å². The van der Waals surface area contributed by atoms with Gasteiger partial charge in [-0.25, -0.2) is 4.79 Å². The first-order chi connectivity index (χ1) is 10.1. The molecule has 0 fully saturated rings. The first kappa shape index (κ1) is 17.4. The van der Waals surface area contributed by atoms with Crippen molar-refractivity contribution in [3.05, 3.63) is 24.3 Å². The van der Waals surface area contributed by atoms with E-state index in [1.54, 1.807) is 0 Å². The number of carbonyl (C=O) groups is 2. The predicted octanol–water partition coefficient (Wildman–Crippen LogP) is 2.97. The van der Waals surface area contributed by atoms with Crippen molar-refractivity contribution in [1.29, 1.82) is 0 Å². The van der Waals surface area contributed by atoms with Crippen molar-refractivity contribution in [2.24, 2.45) is 5.73 Å². The number of unbranched alkanes of at least 4 members (excludes halogenated alkanes) is 2. The van der Waals surface area contributed by atoms with E-state index in [1.165, 1.54) is 11.8 Å². The van der Waals surface area contributed by atoms with Gasteiger partial charge in [0, 0.05) is 23.6 Å². The summed E-state index contributed by atoms with van der Waals surface area (Å²) in [7, 11) is 0. The lowest BCUT2D eigenvalue weighted by molar-refractivity contribution is -0.117. The van der Waals surface area contributed by atoms with Crippen LogP contribution in [0, 0.1) is 0 Å². The molecule has 116 valence electrons. The molecule has 0 aliphatic heterocycles. The molecule has 0 saturated carbocycles. The van der Waals surface area contributed by atoms with Gasteiger partial charge in [0.25, 0.3) is 0 Å². The first-order valence-electron chi connectivity index (χ1n) is 7.18. The van der Waals surface area contributed by atoms with Gasteiger partial charge in [0.05, 0.1) is 5.69 Å². The number of amides is 3. The SMILES string of the molecule is CCCCCNC(=O)Nc1ccccc1SCCC(N)=O. The fourth-order valence-corrected chi connectivity index (χ4v) is 2.67. The van der Waals surface area contributed by atoms with Crippen LogP contribution in [0.3, 0.4) is 0 Å². The number of benzene rings is 1. The predicted molar refractivity (Wildman–Crippen MR) is 87.5 cm³/mol. The van der Waals surface area contributed by atoms with Crippen LogP contribution in [-0.2, 0) is 4.79 Å². The van der Waals surface area contributed by atoms with Crippen LogP contribution in [0.25, 0.3) is 0 Å². The monoisotopic (exact) mass is 309 g/mol. The van der Waals surface area contributed by atoms with Crippen molar-refractivity contribution in [1.82, 2.24) is 5.32 Å². The number of urea groups is 1. The lowest BCUT2D eigenvalue weighted by Gasteiger charge is -2.11. The largest absolute Gasteiger partial charge is 0.370 e. The van der Waals surface area contributed by atoms with Gasteiger partial charge in [0.2, 0.25) is 5.91 Å². The van der Waals surface area contributed by atoms with E-state index in [-0.39, 0.29) is 11.9 Å². The molecule has 6 heteroatoms. The molecule has 0 atom stereocenters. The Morgan fingerprint density at radius 3 is 2.71 bits per heavy atom. The molecule has 0 saturated heterocycles. The normalized spacial score (nSPS) is 10.1. The molecule has 3 amide bonds. The van der Waals surface area contributed by atoms with Gasteiger partial charge in [-0.05, 0) is 18.6 Å². The summed E-state index contributed by atoms with van der Waals surface area (Å²) in [6.07, 6.45) is 3.55. The number of para-hydroxylation sites is 1. The van der Waals surface area contributed by atoms with Gasteiger partial charge in [-0.3, -0.25) is 4.79 Å². The van der Waals surface area contributed by atoms with Gasteiger partial charge in [0.1, 0.15) is 0 Å². The standard InChI is InChI=1S/C15H23N3O2S/c1-2-3-6-10-17-15(20)18-12-7-4-5-8-13(12)21-11-9-14(16)19/h4-5,7-8H,2-3,6,9-11H2,1H3,(H2,16,19)(H2,17,18,20). The molecule has 0 radical (unpaired) electrons. The number of hydrogen-bond donors (Lipinski definition) is 3. The molecule has 4 N–H and O–H groups in total. The fraction of sp³-hybridized carbons (Fsp3) is 0.467. The van der Waals surface area contributed by atoms with E-state index in [0.29, 0.717) is 18.7 Å². The molecule has 0 aliphatic carbocycles. The minimum absolute atomic E-state index is 0.200. The van der Waals surface area contributed by atoms with Crippen molar-refractivity contribution in [2.75, 3.05) is 17.6 Å². The third-order valence-electron chi connectivity index (χ3n) is 2.81. The van der Waals surface area contributed by atoms with Gasteiger partial charge >= 0.3 is 6.03 Å². The number of carbonyl (C=O) groups excluding carboxylic acids is 2. The quantitative estimate of drug-likeness (QED) is 0.484. The van der Waals surface area contributed by atoms with Gasteiger partial charge in [0.15, 0.2) is 0 Å². The van der Waals surface area contributed by atoms with Crippen molar-refractivity contribution >= 4 is 29.4 Å². The highest BCUT2D eigenvalue weighted by Crippen LogP contribution is 2.27. The molecule has 1 rings (SSSR count). The molecule has 1 aromatic carbocycles. The van der Waals surface area contributed by atoms with E-state index in [9.17, 15) is 9.59 Å². The molecule has 0 bridgehead atoms. The fourth-order valence-electron chi connectivity index (χ4n) is 1.70. The Bertz CT molecular complexity index is 466. The summed E-state index contributed by atoms with van der Waals surface area (Å²) in [5.41, 5.74) is 5.87. The van der Waals surface area contributed by atoms with Gasteiger partial charge in [-0.1, -0.05) is 31.9 Å². The molecule has 0 aliphatic rings. The number of rotatable bonds is 9. The van der Waals surface area contributed by atoms with E-state index in [0.717, 1.165) is 29.8 Å². The minimum Gasteiger partial charge on any atom is -0.370 e. The van der Waals surface area contributed by atoms with E-state index < -0.39 is 0 Å². The average Bonchev–Trinajstić information content (AvgIpc) is 2.45. The van der Waals surface area contributed by atoms with Gasteiger partial charge < -0.3 is 16.4 Å². The maximum absolute atomic E-state index is 11.8. The summed E-state index contributed by atoms with van der Waals surface area (Å²) in [6.45, 7) is 2.80. The lowest BCUT2D eigenvalue weighted by atomic mass is 10.2. The molecule has 0 spiro atoms. The number of anilines is 1. The Morgan fingerprint density at radius 2 is 2.00 bits per heavy atom. The third kappa shape index (κ3) is 7.60. The molecule has 1 aromatic rings. The summed E-state index contributed by atoms with van der Waals surface area (Å²) in [5.74, 6) is 0.285. The zero-order valence-corrected chi connectivity index (χ0v) is 13.2. The van der Waals surface area contributed by atoms with E-state index >= 15 is 0 Å². The van der Waals surface area contributed by atoms with Gasteiger partial charge in [-0.2, -0.15) is 0 Å². The maximum Gasteiger partial charge on any atom is 0.319 e. The zero-order chi connectivity index (χ0) is 15.5. The van der Waals surface area contributed by atoms with Crippen molar-refractivity contribution < 1.29 is 9.59 Å². The van der Waals surface area contributed by atoms with Crippen LogP contribution in [0.1, 0.15) is 32.6 Å². The zero-order valence-electron chi connectivity index (χ0n) is 12.4. The number of nitrogens with one attached hydrogen (secondary N) is 2. The Balaban J connectivity index is 2.46. The molecular weight excluding hydrogens is 286 g/mol. The molecule has 0 unspecified atom stereocenters. The van der Waals surface area contributed by atoms with Crippen molar-refractivity contribution in [3.63, 3.8) is 0 Å². The van der Waals surface area contributed by atoms with E-state index in [2.05, 4.69) is 17.6 Å².